The van der Waals surface area contributed by atoms with Crippen molar-refractivity contribution in [3.05, 3.63) is 72.6 Å². The lowest BCUT2D eigenvalue weighted by Crippen LogP contribution is -2.15. The van der Waals surface area contributed by atoms with Crippen molar-refractivity contribution < 1.29 is 14.3 Å². The molecular weight excluding hydrogens is 472 g/mol. The molecule has 36 heavy (non-hydrogen) atoms. The molecule has 192 valence electrons. The van der Waals surface area contributed by atoms with Crippen LogP contribution < -0.4 is 14.8 Å². The van der Waals surface area contributed by atoms with Crippen molar-refractivity contribution in [1.29, 1.82) is 0 Å². The van der Waals surface area contributed by atoms with Crippen LogP contribution in [-0.4, -0.2) is 39.6 Å². The van der Waals surface area contributed by atoms with E-state index in [-0.39, 0.29) is 17.1 Å². The second-order valence-electron chi connectivity index (χ2n) is 9.32. The summed E-state index contributed by atoms with van der Waals surface area (Å²) in [5.74, 6) is 2.63. The van der Waals surface area contributed by atoms with Gasteiger partial charge in [-0.25, -0.2) is 0 Å². The zero-order valence-corrected chi connectivity index (χ0v) is 22.4. The number of nitrogens with one attached hydrogen (secondary N) is 1. The van der Waals surface area contributed by atoms with Gasteiger partial charge in [-0.2, -0.15) is 0 Å². The average molecular weight is 509 g/mol. The lowest BCUT2D eigenvalue weighted by Gasteiger charge is -2.19. The number of nitrogens with zero attached hydrogens (tertiary/aromatic N) is 3. The molecule has 0 saturated carbocycles. The Labute approximate surface area is 218 Å². The highest BCUT2D eigenvalue weighted by Gasteiger charge is 2.15. The molecule has 1 N–H and O–H groups in total. The first-order chi connectivity index (χ1) is 17.3. The van der Waals surface area contributed by atoms with E-state index in [1.807, 2.05) is 54.0 Å². The number of aromatic nitrogens is 3. The third-order valence-corrected chi connectivity index (χ3v) is 6.39. The van der Waals surface area contributed by atoms with Crippen LogP contribution in [0.3, 0.4) is 0 Å². The first kappa shape index (κ1) is 27.3. The Bertz CT molecular complexity index is 1120. The van der Waals surface area contributed by atoms with E-state index in [9.17, 15) is 4.79 Å². The number of carbonyl (C=O) groups excluding carboxylic acids is 1. The number of allylic oxidation sites excluding steroid dienone is 1. The second kappa shape index (κ2) is 13.2. The monoisotopic (exact) mass is 508 g/mol. The first-order valence-corrected chi connectivity index (χ1v) is 13.2. The molecule has 1 amide bonds. The van der Waals surface area contributed by atoms with Gasteiger partial charge in [-0.3, -0.25) is 4.79 Å². The van der Waals surface area contributed by atoms with Crippen LogP contribution in [0.15, 0.2) is 66.3 Å². The summed E-state index contributed by atoms with van der Waals surface area (Å²) in [7, 11) is 0. The lowest BCUT2D eigenvalue weighted by atomic mass is 9.87. The molecule has 3 rings (SSSR count). The van der Waals surface area contributed by atoms with Gasteiger partial charge in [-0.15, -0.1) is 16.8 Å². The molecular formula is C28H36N4O3S. The molecule has 3 aromatic rings. The zero-order chi connectivity index (χ0) is 26.0. The second-order valence-corrected chi connectivity index (χ2v) is 10.3. The number of ether oxygens (including phenoxy) is 2. The molecule has 0 unspecified atom stereocenters. The number of aryl methyl sites for hydroxylation is 1. The van der Waals surface area contributed by atoms with Crippen molar-refractivity contribution >= 4 is 23.4 Å². The van der Waals surface area contributed by atoms with E-state index in [0.717, 1.165) is 35.9 Å². The minimum Gasteiger partial charge on any atom is -0.494 e. The van der Waals surface area contributed by atoms with Gasteiger partial charge in [-0.1, -0.05) is 50.7 Å². The van der Waals surface area contributed by atoms with Crippen LogP contribution in [0.5, 0.6) is 11.5 Å². The molecule has 0 aliphatic carbocycles. The number of rotatable bonds is 13. The molecule has 2 aromatic carbocycles. The summed E-state index contributed by atoms with van der Waals surface area (Å²) < 4.78 is 13.3. The van der Waals surface area contributed by atoms with Crippen molar-refractivity contribution in [2.45, 2.75) is 57.7 Å². The maximum atomic E-state index is 12.4. The number of hydrogen-bond acceptors (Lipinski definition) is 6. The molecule has 1 aromatic heterocycles. The van der Waals surface area contributed by atoms with Gasteiger partial charge in [0, 0.05) is 18.7 Å². The van der Waals surface area contributed by atoms with E-state index in [1.54, 1.807) is 0 Å². The van der Waals surface area contributed by atoms with Gasteiger partial charge < -0.3 is 19.4 Å². The molecule has 0 saturated heterocycles. The van der Waals surface area contributed by atoms with Gasteiger partial charge in [0.2, 0.25) is 5.91 Å². The van der Waals surface area contributed by atoms with E-state index in [4.69, 9.17) is 9.47 Å². The Morgan fingerprint density at radius 3 is 2.36 bits per heavy atom. The van der Waals surface area contributed by atoms with Crippen molar-refractivity contribution in [2.24, 2.45) is 0 Å². The molecule has 8 heteroatoms. The largest absolute Gasteiger partial charge is 0.494 e. The molecule has 0 aliphatic rings. The minimum absolute atomic E-state index is 0.107. The van der Waals surface area contributed by atoms with Gasteiger partial charge in [0.25, 0.3) is 0 Å². The summed E-state index contributed by atoms with van der Waals surface area (Å²) in [5, 5.41) is 12.3. The van der Waals surface area contributed by atoms with Crippen molar-refractivity contribution in [3.8, 4) is 11.5 Å². The number of hydrogen-bond donors (Lipinski definition) is 1. The van der Waals surface area contributed by atoms with Gasteiger partial charge >= 0.3 is 0 Å². The minimum atomic E-state index is -0.107. The standard InChI is InChI=1S/C28H36N4O3S/c1-6-18-32-25(9-8-19-35-24-14-10-21(11-15-24)28(3,4)5)30-31-27(32)36-20-26(33)29-22-12-16-23(17-13-22)34-7-2/h6,10-17H,1,7-9,18-20H2,2-5H3,(H,29,33). The summed E-state index contributed by atoms with van der Waals surface area (Å²) in [5.41, 5.74) is 2.13. The van der Waals surface area contributed by atoms with Crippen LogP contribution in [0, 0.1) is 0 Å². The normalized spacial score (nSPS) is 11.2. The highest BCUT2D eigenvalue weighted by molar-refractivity contribution is 7.99. The van der Waals surface area contributed by atoms with E-state index in [2.05, 4.69) is 55.0 Å². The molecule has 1 heterocycles. The molecule has 0 bridgehead atoms. The van der Waals surface area contributed by atoms with Crippen LogP contribution >= 0.6 is 11.8 Å². The first-order valence-electron chi connectivity index (χ1n) is 12.2. The van der Waals surface area contributed by atoms with Gasteiger partial charge in [-0.05, 0) is 60.7 Å². The van der Waals surface area contributed by atoms with E-state index in [0.29, 0.717) is 24.9 Å². The molecule has 0 atom stereocenters. The number of carbonyl (C=O) groups is 1. The molecule has 0 aliphatic heterocycles. The van der Waals surface area contributed by atoms with Gasteiger partial charge in [0.1, 0.15) is 17.3 Å². The summed E-state index contributed by atoms with van der Waals surface area (Å²) in [6.07, 6.45) is 3.34. The zero-order valence-electron chi connectivity index (χ0n) is 21.6. The Kier molecular flexibility index (Phi) is 9.99. The number of amides is 1. The number of thioether (sulfide) groups is 1. The van der Waals surface area contributed by atoms with E-state index < -0.39 is 0 Å². The van der Waals surface area contributed by atoms with Crippen LogP contribution in [0.2, 0.25) is 0 Å². The smallest absolute Gasteiger partial charge is 0.234 e. The van der Waals surface area contributed by atoms with Crippen LogP contribution in [-0.2, 0) is 23.2 Å². The van der Waals surface area contributed by atoms with E-state index in [1.165, 1.54) is 17.3 Å². The molecule has 7 nitrogen and oxygen atoms in total. The molecule has 0 spiro atoms. The van der Waals surface area contributed by atoms with E-state index >= 15 is 0 Å². The fraction of sp³-hybridized carbons (Fsp3) is 0.393. The van der Waals surface area contributed by atoms with Gasteiger partial charge in [0.05, 0.1) is 19.0 Å². The van der Waals surface area contributed by atoms with Crippen molar-refractivity contribution in [1.82, 2.24) is 14.8 Å². The third kappa shape index (κ3) is 8.16. The van der Waals surface area contributed by atoms with Crippen LogP contribution in [0.1, 0.15) is 45.5 Å². The number of anilines is 1. The highest BCUT2D eigenvalue weighted by Crippen LogP contribution is 2.24. The van der Waals surface area contributed by atoms with Crippen molar-refractivity contribution in [3.63, 3.8) is 0 Å². The summed E-state index contributed by atoms with van der Waals surface area (Å²) in [6.45, 7) is 14.2. The summed E-state index contributed by atoms with van der Waals surface area (Å²) in [4.78, 5) is 12.4. The Hall–Kier alpha value is -3.26. The van der Waals surface area contributed by atoms with Crippen molar-refractivity contribution in [2.75, 3.05) is 24.3 Å². The summed E-state index contributed by atoms with van der Waals surface area (Å²) in [6, 6.07) is 15.6. The Morgan fingerprint density at radius 1 is 1.06 bits per heavy atom. The molecule has 0 fully saturated rings. The maximum Gasteiger partial charge on any atom is 0.234 e. The predicted octanol–water partition coefficient (Wildman–Crippen LogP) is 5.90. The highest BCUT2D eigenvalue weighted by atomic mass is 32.2. The fourth-order valence-corrected chi connectivity index (χ4v) is 4.29. The quantitative estimate of drug-likeness (QED) is 0.176. The Balaban J connectivity index is 1.48. The fourth-order valence-electron chi connectivity index (χ4n) is 3.52. The average Bonchev–Trinajstić information content (AvgIpc) is 3.23. The van der Waals surface area contributed by atoms with Crippen LogP contribution in [0.4, 0.5) is 5.69 Å². The lowest BCUT2D eigenvalue weighted by molar-refractivity contribution is -0.113. The van der Waals surface area contributed by atoms with Crippen LogP contribution in [0.25, 0.3) is 0 Å². The molecule has 0 radical (unpaired) electrons. The number of benzene rings is 2. The third-order valence-electron chi connectivity index (χ3n) is 5.42. The van der Waals surface area contributed by atoms with Gasteiger partial charge in [0.15, 0.2) is 5.16 Å². The predicted molar refractivity (Wildman–Crippen MR) is 146 cm³/mol. The summed E-state index contributed by atoms with van der Waals surface area (Å²) >= 11 is 1.36. The topological polar surface area (TPSA) is 78.3 Å². The SMILES string of the molecule is C=CCn1c(CCCOc2ccc(C(C)(C)C)cc2)nnc1SCC(=O)Nc1ccc(OCC)cc1. The Morgan fingerprint density at radius 2 is 1.72 bits per heavy atom. The maximum absolute atomic E-state index is 12.4.